The summed E-state index contributed by atoms with van der Waals surface area (Å²) in [4.78, 5) is 14.6. The van der Waals surface area contributed by atoms with Gasteiger partial charge in [-0.3, -0.25) is 15.2 Å². The molecule has 0 amide bonds. The molecule has 2 aromatic carbocycles. The van der Waals surface area contributed by atoms with Gasteiger partial charge in [0.1, 0.15) is 0 Å². The smallest absolute Gasteiger partial charge is 0.272 e. The third-order valence-electron chi connectivity index (χ3n) is 3.46. The molecule has 0 spiro atoms. The van der Waals surface area contributed by atoms with Gasteiger partial charge in [-0.2, -0.15) is 9.50 Å². The molecule has 112 valence electrons. The number of nitrogens with one attached hydrogen (secondary N) is 1. The molecule has 4 aromatic rings. The summed E-state index contributed by atoms with van der Waals surface area (Å²) in [5, 5.41) is 22.0. The molecule has 8 heteroatoms. The number of non-ortho nitro benzene ring substituents is 1. The SMILES string of the molecule is O=[N+]([O-])c1ccc(-c2nc3nnc(-c4ccccc4)n3[nH]2)cc1. The Kier molecular flexibility index (Phi) is 2.87. The number of fused-ring (bicyclic) bond motifs is 1. The van der Waals surface area contributed by atoms with Crippen molar-refractivity contribution in [1.29, 1.82) is 0 Å². The predicted octanol–water partition coefficient (Wildman–Crippen LogP) is 2.69. The average molecular weight is 306 g/mol. The summed E-state index contributed by atoms with van der Waals surface area (Å²) in [7, 11) is 0. The van der Waals surface area contributed by atoms with Crippen LogP contribution in [0.15, 0.2) is 54.6 Å². The maximum absolute atomic E-state index is 10.7. The first-order chi connectivity index (χ1) is 11.2. The van der Waals surface area contributed by atoms with Gasteiger partial charge in [0.2, 0.25) is 0 Å². The summed E-state index contributed by atoms with van der Waals surface area (Å²) in [6.45, 7) is 0. The van der Waals surface area contributed by atoms with Crippen LogP contribution in [0.5, 0.6) is 0 Å². The fourth-order valence-electron chi connectivity index (χ4n) is 2.33. The Labute approximate surface area is 129 Å². The van der Waals surface area contributed by atoms with Gasteiger partial charge in [0.25, 0.3) is 11.5 Å². The van der Waals surface area contributed by atoms with Crippen LogP contribution in [0.1, 0.15) is 0 Å². The quantitative estimate of drug-likeness (QED) is 0.463. The maximum atomic E-state index is 10.7. The van der Waals surface area contributed by atoms with Crippen LogP contribution < -0.4 is 0 Å². The molecule has 0 radical (unpaired) electrons. The van der Waals surface area contributed by atoms with Gasteiger partial charge in [0, 0.05) is 23.3 Å². The monoisotopic (exact) mass is 306 g/mol. The molecular weight excluding hydrogens is 296 g/mol. The van der Waals surface area contributed by atoms with Crippen LogP contribution in [0.25, 0.3) is 28.6 Å². The van der Waals surface area contributed by atoms with E-state index in [1.165, 1.54) is 12.1 Å². The minimum atomic E-state index is -0.434. The van der Waals surface area contributed by atoms with Crippen LogP contribution in [0.4, 0.5) is 5.69 Å². The summed E-state index contributed by atoms with van der Waals surface area (Å²) in [6.07, 6.45) is 0. The van der Waals surface area contributed by atoms with Crippen molar-refractivity contribution >= 4 is 11.5 Å². The third kappa shape index (κ3) is 2.22. The van der Waals surface area contributed by atoms with E-state index < -0.39 is 4.92 Å². The molecule has 4 rings (SSSR count). The zero-order valence-electron chi connectivity index (χ0n) is 11.7. The van der Waals surface area contributed by atoms with E-state index in [0.717, 1.165) is 11.1 Å². The van der Waals surface area contributed by atoms with E-state index >= 15 is 0 Å². The van der Waals surface area contributed by atoms with Gasteiger partial charge in [-0.25, -0.2) is 0 Å². The van der Waals surface area contributed by atoms with Crippen LogP contribution >= 0.6 is 0 Å². The van der Waals surface area contributed by atoms with Crippen LogP contribution in [-0.2, 0) is 0 Å². The van der Waals surface area contributed by atoms with Crippen molar-refractivity contribution in [2.75, 3.05) is 0 Å². The molecule has 0 bridgehead atoms. The van der Waals surface area contributed by atoms with Gasteiger partial charge in [-0.1, -0.05) is 30.3 Å². The number of nitro benzene ring substituents is 1. The molecule has 8 nitrogen and oxygen atoms in total. The molecule has 2 heterocycles. The summed E-state index contributed by atoms with van der Waals surface area (Å²) in [5.74, 6) is 1.67. The first-order valence-corrected chi connectivity index (χ1v) is 6.84. The lowest BCUT2D eigenvalue weighted by Crippen LogP contribution is -1.91. The fourth-order valence-corrected chi connectivity index (χ4v) is 2.33. The van der Waals surface area contributed by atoms with Gasteiger partial charge >= 0.3 is 0 Å². The van der Waals surface area contributed by atoms with E-state index in [-0.39, 0.29) is 5.69 Å². The lowest BCUT2D eigenvalue weighted by molar-refractivity contribution is -0.384. The number of H-pyrrole nitrogens is 1. The molecule has 0 saturated heterocycles. The van der Waals surface area contributed by atoms with Gasteiger partial charge in [-0.05, 0) is 12.1 Å². The molecule has 0 unspecified atom stereocenters. The number of nitro groups is 1. The van der Waals surface area contributed by atoms with Crippen molar-refractivity contribution in [1.82, 2.24) is 24.8 Å². The van der Waals surface area contributed by atoms with Gasteiger partial charge in [-0.15, -0.1) is 10.2 Å². The second-order valence-corrected chi connectivity index (χ2v) is 4.90. The zero-order chi connectivity index (χ0) is 15.8. The molecule has 0 atom stereocenters. The van der Waals surface area contributed by atoms with Crippen molar-refractivity contribution in [3.05, 3.63) is 64.7 Å². The molecular formula is C15H10N6O2. The Morgan fingerprint density at radius 1 is 0.957 bits per heavy atom. The van der Waals surface area contributed by atoms with E-state index in [4.69, 9.17) is 0 Å². The Morgan fingerprint density at radius 2 is 1.70 bits per heavy atom. The molecule has 2 aromatic heterocycles. The maximum Gasteiger partial charge on any atom is 0.272 e. The van der Waals surface area contributed by atoms with Crippen LogP contribution in [0, 0.1) is 10.1 Å². The van der Waals surface area contributed by atoms with Crippen molar-refractivity contribution in [2.24, 2.45) is 0 Å². The number of nitrogens with zero attached hydrogens (tertiary/aromatic N) is 5. The highest BCUT2D eigenvalue weighted by Crippen LogP contribution is 2.22. The highest BCUT2D eigenvalue weighted by atomic mass is 16.6. The fraction of sp³-hybridized carbons (Fsp3) is 0. The number of hydrogen-bond donors (Lipinski definition) is 1. The van der Waals surface area contributed by atoms with E-state index in [9.17, 15) is 10.1 Å². The predicted molar refractivity (Wildman–Crippen MR) is 82.7 cm³/mol. The standard InChI is InChI=1S/C15H10N6O2/c22-21(23)12-8-6-10(7-9-12)13-16-15-18-17-14(20(15)19-13)11-4-2-1-3-5-11/h1-9H,(H,16,18,19). The normalized spacial score (nSPS) is 11.0. The van der Waals surface area contributed by atoms with Crippen molar-refractivity contribution in [3.8, 4) is 22.8 Å². The number of aromatic amines is 1. The molecule has 0 saturated carbocycles. The largest absolute Gasteiger partial charge is 0.272 e. The van der Waals surface area contributed by atoms with Crippen LogP contribution in [0.3, 0.4) is 0 Å². The molecule has 1 N–H and O–H groups in total. The molecule has 0 aliphatic carbocycles. The van der Waals surface area contributed by atoms with Gasteiger partial charge < -0.3 is 0 Å². The van der Waals surface area contributed by atoms with Crippen molar-refractivity contribution in [3.63, 3.8) is 0 Å². The van der Waals surface area contributed by atoms with E-state index in [0.29, 0.717) is 17.4 Å². The molecule has 0 fully saturated rings. The second-order valence-electron chi connectivity index (χ2n) is 4.90. The lowest BCUT2D eigenvalue weighted by atomic mass is 10.2. The van der Waals surface area contributed by atoms with E-state index in [2.05, 4.69) is 20.3 Å². The second kappa shape index (κ2) is 5.02. The third-order valence-corrected chi connectivity index (χ3v) is 3.46. The number of rotatable bonds is 3. The first kappa shape index (κ1) is 13.1. The van der Waals surface area contributed by atoms with Gasteiger partial charge in [0.15, 0.2) is 11.6 Å². The number of aromatic nitrogens is 5. The minimum Gasteiger partial charge on any atom is -0.272 e. The molecule has 0 aliphatic heterocycles. The topological polar surface area (TPSA) is 102 Å². The Balaban J connectivity index is 1.78. The van der Waals surface area contributed by atoms with E-state index in [1.807, 2.05) is 30.3 Å². The zero-order valence-corrected chi connectivity index (χ0v) is 11.7. The summed E-state index contributed by atoms with van der Waals surface area (Å²) in [6, 6.07) is 15.8. The minimum absolute atomic E-state index is 0.0386. The summed E-state index contributed by atoms with van der Waals surface area (Å²) >= 11 is 0. The van der Waals surface area contributed by atoms with Gasteiger partial charge in [0.05, 0.1) is 4.92 Å². The van der Waals surface area contributed by atoms with E-state index in [1.54, 1.807) is 16.6 Å². The van der Waals surface area contributed by atoms with Crippen LogP contribution in [0.2, 0.25) is 0 Å². The van der Waals surface area contributed by atoms with Crippen LogP contribution in [-0.4, -0.2) is 29.7 Å². The van der Waals surface area contributed by atoms with Crippen molar-refractivity contribution < 1.29 is 4.92 Å². The Hall–Kier alpha value is -3.55. The molecule has 0 aliphatic rings. The number of hydrogen-bond acceptors (Lipinski definition) is 5. The summed E-state index contributed by atoms with van der Waals surface area (Å²) in [5.41, 5.74) is 1.69. The highest BCUT2D eigenvalue weighted by Gasteiger charge is 2.14. The lowest BCUT2D eigenvalue weighted by Gasteiger charge is -1.98. The highest BCUT2D eigenvalue weighted by molar-refractivity contribution is 5.62. The average Bonchev–Trinajstić information content (AvgIpc) is 3.16. The number of benzene rings is 2. The Morgan fingerprint density at radius 3 is 2.39 bits per heavy atom. The Bertz CT molecular complexity index is 988. The summed E-state index contributed by atoms with van der Waals surface area (Å²) < 4.78 is 1.69. The molecule has 23 heavy (non-hydrogen) atoms. The van der Waals surface area contributed by atoms with Crippen molar-refractivity contribution in [2.45, 2.75) is 0 Å². The first-order valence-electron chi connectivity index (χ1n) is 6.84.